The largest absolute Gasteiger partial charge is 0.472 e. The summed E-state index contributed by atoms with van der Waals surface area (Å²) in [7, 11) is 0. The van der Waals surface area contributed by atoms with Crippen LogP contribution in [0.25, 0.3) is 0 Å². The Morgan fingerprint density at radius 3 is 1.93 bits per heavy atom. The molecular weight excluding hydrogens is 182 g/mol. The van der Waals surface area contributed by atoms with Crippen molar-refractivity contribution in [1.29, 1.82) is 0 Å². The maximum Gasteiger partial charge on any atom is 0.381 e. The standard InChI is InChI=1S/C7H7NO.C3H2O2/c8-7(9)6-4-2-1-3-5-6;1-2-3(4)5/h1-5H,(H2,8,9);1H,(H,4,5). The van der Waals surface area contributed by atoms with Crippen LogP contribution in [-0.4, -0.2) is 17.0 Å². The third-order valence-electron chi connectivity index (χ3n) is 1.18. The highest BCUT2D eigenvalue weighted by Gasteiger charge is 1.93. The molecular formula is C10H9NO3. The molecule has 4 nitrogen and oxygen atoms in total. The number of primary amides is 1. The van der Waals surface area contributed by atoms with Gasteiger partial charge in [-0.15, -0.1) is 6.42 Å². The summed E-state index contributed by atoms with van der Waals surface area (Å²) in [5.41, 5.74) is 5.53. The SMILES string of the molecule is C#CC(=O)O.NC(=O)c1ccccc1. The highest BCUT2D eigenvalue weighted by atomic mass is 16.4. The molecule has 0 spiro atoms. The highest BCUT2D eigenvalue weighted by Crippen LogP contribution is 1.94. The number of aliphatic carboxylic acids is 1. The van der Waals surface area contributed by atoms with E-state index in [2.05, 4.69) is 6.42 Å². The topological polar surface area (TPSA) is 80.4 Å². The lowest BCUT2D eigenvalue weighted by atomic mass is 10.2. The van der Waals surface area contributed by atoms with Gasteiger partial charge in [0.15, 0.2) is 0 Å². The predicted octanol–water partition coefficient (Wildman–Crippen LogP) is 0.490. The van der Waals surface area contributed by atoms with Gasteiger partial charge in [-0.2, -0.15) is 0 Å². The average Bonchev–Trinajstić information content (AvgIpc) is 2.20. The molecule has 72 valence electrons. The van der Waals surface area contributed by atoms with Crippen molar-refractivity contribution in [3.8, 4) is 12.3 Å². The second-order valence-corrected chi connectivity index (χ2v) is 2.18. The summed E-state index contributed by atoms with van der Waals surface area (Å²) in [6.45, 7) is 0. The second-order valence-electron chi connectivity index (χ2n) is 2.18. The molecule has 0 aliphatic rings. The second kappa shape index (κ2) is 6.26. The number of hydrogen-bond acceptors (Lipinski definition) is 2. The van der Waals surface area contributed by atoms with Crippen LogP contribution in [0.3, 0.4) is 0 Å². The number of hydrogen-bond donors (Lipinski definition) is 2. The minimum absolute atomic E-state index is 0.379. The fourth-order valence-corrected chi connectivity index (χ4v) is 0.602. The maximum atomic E-state index is 10.4. The molecule has 0 saturated heterocycles. The van der Waals surface area contributed by atoms with E-state index in [0.717, 1.165) is 0 Å². The first kappa shape index (κ1) is 11.7. The summed E-state index contributed by atoms with van der Waals surface area (Å²) in [6, 6.07) is 8.76. The van der Waals surface area contributed by atoms with Crippen LogP contribution < -0.4 is 5.73 Å². The van der Waals surface area contributed by atoms with Crippen molar-refractivity contribution in [3.63, 3.8) is 0 Å². The van der Waals surface area contributed by atoms with E-state index in [1.807, 2.05) is 6.07 Å². The number of benzene rings is 1. The molecule has 4 heteroatoms. The summed E-state index contributed by atoms with van der Waals surface area (Å²) in [5, 5.41) is 7.49. The Labute approximate surface area is 81.4 Å². The third kappa shape index (κ3) is 5.38. The predicted molar refractivity (Wildman–Crippen MR) is 51.4 cm³/mol. The molecule has 0 saturated carbocycles. The number of carboxylic acids is 1. The van der Waals surface area contributed by atoms with E-state index in [4.69, 9.17) is 15.6 Å². The minimum atomic E-state index is -1.22. The zero-order chi connectivity index (χ0) is 11.0. The van der Waals surface area contributed by atoms with Crippen molar-refractivity contribution < 1.29 is 14.7 Å². The first-order valence-electron chi connectivity index (χ1n) is 3.62. The van der Waals surface area contributed by atoms with Gasteiger partial charge >= 0.3 is 5.97 Å². The molecule has 14 heavy (non-hydrogen) atoms. The molecule has 0 atom stereocenters. The molecule has 0 radical (unpaired) electrons. The lowest BCUT2D eigenvalue weighted by Crippen LogP contribution is -2.09. The van der Waals surface area contributed by atoms with E-state index >= 15 is 0 Å². The van der Waals surface area contributed by atoms with Crippen LogP contribution >= 0.6 is 0 Å². The first-order chi connectivity index (χ1) is 6.57. The van der Waals surface area contributed by atoms with E-state index < -0.39 is 5.97 Å². The van der Waals surface area contributed by atoms with Gasteiger partial charge in [-0.1, -0.05) is 18.2 Å². The number of terminal acetylenes is 1. The number of carbonyl (C=O) groups excluding carboxylic acids is 1. The minimum Gasteiger partial charge on any atom is -0.472 e. The zero-order valence-corrected chi connectivity index (χ0v) is 7.31. The van der Waals surface area contributed by atoms with Gasteiger partial charge in [-0.05, 0) is 12.1 Å². The van der Waals surface area contributed by atoms with Gasteiger partial charge in [-0.3, -0.25) is 4.79 Å². The Bertz CT molecular complexity index is 351. The highest BCUT2D eigenvalue weighted by molar-refractivity contribution is 5.92. The van der Waals surface area contributed by atoms with Crippen molar-refractivity contribution in [2.75, 3.05) is 0 Å². The Morgan fingerprint density at radius 2 is 1.71 bits per heavy atom. The molecule has 0 heterocycles. The summed E-state index contributed by atoms with van der Waals surface area (Å²) >= 11 is 0. The van der Waals surface area contributed by atoms with Crippen LogP contribution in [0.15, 0.2) is 30.3 Å². The van der Waals surface area contributed by atoms with Crippen molar-refractivity contribution in [3.05, 3.63) is 35.9 Å². The van der Waals surface area contributed by atoms with Crippen LogP contribution in [0.4, 0.5) is 0 Å². The Balaban J connectivity index is 0.000000292. The van der Waals surface area contributed by atoms with Crippen LogP contribution in [0.5, 0.6) is 0 Å². The molecule has 0 fully saturated rings. The maximum absolute atomic E-state index is 10.4. The van der Waals surface area contributed by atoms with Crippen LogP contribution in [-0.2, 0) is 4.79 Å². The van der Waals surface area contributed by atoms with Crippen molar-refractivity contribution in [1.82, 2.24) is 0 Å². The molecule has 1 amide bonds. The van der Waals surface area contributed by atoms with E-state index in [9.17, 15) is 4.79 Å². The first-order valence-corrected chi connectivity index (χ1v) is 3.62. The van der Waals surface area contributed by atoms with Gasteiger partial charge in [0.25, 0.3) is 0 Å². The lowest BCUT2D eigenvalue weighted by molar-refractivity contribution is -0.130. The normalized spacial score (nSPS) is 7.64. The van der Waals surface area contributed by atoms with Gasteiger partial charge in [0.2, 0.25) is 5.91 Å². The smallest absolute Gasteiger partial charge is 0.381 e. The number of nitrogens with two attached hydrogens (primary N) is 1. The van der Waals surface area contributed by atoms with E-state index in [-0.39, 0.29) is 5.91 Å². The number of carbonyl (C=O) groups is 2. The summed E-state index contributed by atoms with van der Waals surface area (Å²) < 4.78 is 0. The molecule has 1 rings (SSSR count). The van der Waals surface area contributed by atoms with E-state index in [1.54, 1.807) is 24.3 Å². The summed E-state index contributed by atoms with van der Waals surface area (Å²) in [4.78, 5) is 19.6. The van der Waals surface area contributed by atoms with E-state index in [1.165, 1.54) is 5.92 Å². The Hall–Kier alpha value is -2.28. The fourth-order valence-electron chi connectivity index (χ4n) is 0.602. The molecule has 0 bridgehead atoms. The Morgan fingerprint density at radius 1 is 1.29 bits per heavy atom. The molecule has 0 unspecified atom stereocenters. The van der Waals surface area contributed by atoms with Crippen molar-refractivity contribution >= 4 is 11.9 Å². The molecule has 1 aromatic carbocycles. The monoisotopic (exact) mass is 191 g/mol. The number of rotatable bonds is 1. The van der Waals surface area contributed by atoms with Crippen molar-refractivity contribution in [2.45, 2.75) is 0 Å². The number of amides is 1. The third-order valence-corrected chi connectivity index (χ3v) is 1.18. The van der Waals surface area contributed by atoms with E-state index in [0.29, 0.717) is 5.56 Å². The van der Waals surface area contributed by atoms with Crippen LogP contribution in [0.2, 0.25) is 0 Å². The average molecular weight is 191 g/mol. The molecule has 0 aliphatic heterocycles. The van der Waals surface area contributed by atoms with Crippen molar-refractivity contribution in [2.24, 2.45) is 5.73 Å². The molecule has 3 N–H and O–H groups in total. The van der Waals surface area contributed by atoms with Gasteiger partial charge in [-0.25, -0.2) is 4.79 Å². The summed E-state index contributed by atoms with van der Waals surface area (Å²) in [5.74, 6) is -0.152. The van der Waals surface area contributed by atoms with Crippen LogP contribution in [0, 0.1) is 12.3 Å². The molecule has 1 aromatic rings. The van der Waals surface area contributed by atoms with Gasteiger partial charge in [0.05, 0.1) is 0 Å². The summed E-state index contributed by atoms with van der Waals surface area (Å²) in [6.07, 6.45) is 4.32. The lowest BCUT2D eigenvalue weighted by Gasteiger charge is -1.89. The van der Waals surface area contributed by atoms with Gasteiger partial charge in [0.1, 0.15) is 0 Å². The zero-order valence-electron chi connectivity index (χ0n) is 7.31. The van der Waals surface area contributed by atoms with Gasteiger partial charge in [0, 0.05) is 11.5 Å². The fraction of sp³-hybridized carbons (Fsp3) is 0. The van der Waals surface area contributed by atoms with Gasteiger partial charge < -0.3 is 10.8 Å². The number of carboxylic acid groups (broad SMARTS) is 1. The Kier molecular flexibility index (Phi) is 5.24. The molecule has 0 aliphatic carbocycles. The molecule has 0 aromatic heterocycles. The van der Waals surface area contributed by atoms with Crippen LogP contribution in [0.1, 0.15) is 10.4 Å². The quantitative estimate of drug-likeness (QED) is 0.634.